The summed E-state index contributed by atoms with van der Waals surface area (Å²) in [6, 6.07) is 11.4. The molecule has 0 spiro atoms. The SMILES string of the molecule is Cc1cccc(OCCNC(=O)COc2cc(C)c(Cl)c(C)c2)c1. The van der Waals surface area contributed by atoms with Gasteiger partial charge in [0.05, 0.1) is 6.54 Å². The van der Waals surface area contributed by atoms with E-state index in [0.29, 0.717) is 18.9 Å². The molecular weight excluding hydrogens is 326 g/mol. The summed E-state index contributed by atoms with van der Waals surface area (Å²) < 4.78 is 11.1. The molecule has 0 aliphatic rings. The second-order valence-electron chi connectivity index (χ2n) is 5.67. The number of hydrogen-bond donors (Lipinski definition) is 1. The Morgan fingerprint density at radius 1 is 1.04 bits per heavy atom. The van der Waals surface area contributed by atoms with Crippen LogP contribution in [0.4, 0.5) is 0 Å². The van der Waals surface area contributed by atoms with Gasteiger partial charge < -0.3 is 14.8 Å². The van der Waals surface area contributed by atoms with E-state index >= 15 is 0 Å². The van der Waals surface area contributed by atoms with Crippen LogP contribution in [0.3, 0.4) is 0 Å². The fourth-order valence-corrected chi connectivity index (χ4v) is 2.36. The molecule has 5 heteroatoms. The molecule has 0 aromatic heterocycles. The molecule has 0 bridgehead atoms. The van der Waals surface area contributed by atoms with Crippen LogP contribution in [-0.4, -0.2) is 25.7 Å². The van der Waals surface area contributed by atoms with Gasteiger partial charge in [0, 0.05) is 5.02 Å². The van der Waals surface area contributed by atoms with Gasteiger partial charge in [-0.25, -0.2) is 0 Å². The van der Waals surface area contributed by atoms with Crippen molar-refractivity contribution in [2.75, 3.05) is 19.8 Å². The van der Waals surface area contributed by atoms with Crippen molar-refractivity contribution in [3.8, 4) is 11.5 Å². The molecule has 2 rings (SSSR count). The largest absolute Gasteiger partial charge is 0.492 e. The summed E-state index contributed by atoms with van der Waals surface area (Å²) in [6.07, 6.45) is 0. The highest BCUT2D eigenvalue weighted by Gasteiger charge is 2.06. The van der Waals surface area contributed by atoms with Crippen molar-refractivity contribution in [1.82, 2.24) is 5.32 Å². The third-order valence-corrected chi connectivity index (χ3v) is 4.06. The monoisotopic (exact) mass is 347 g/mol. The average Bonchev–Trinajstić information content (AvgIpc) is 2.54. The number of nitrogens with one attached hydrogen (secondary N) is 1. The van der Waals surface area contributed by atoms with Crippen molar-refractivity contribution in [2.45, 2.75) is 20.8 Å². The Balaban J connectivity index is 1.70. The lowest BCUT2D eigenvalue weighted by Crippen LogP contribution is -2.32. The normalized spacial score (nSPS) is 10.3. The molecule has 2 aromatic carbocycles. The summed E-state index contributed by atoms with van der Waals surface area (Å²) in [6.45, 7) is 6.62. The van der Waals surface area contributed by atoms with Crippen molar-refractivity contribution in [3.05, 3.63) is 58.1 Å². The minimum atomic E-state index is -0.187. The second kappa shape index (κ2) is 8.60. The summed E-state index contributed by atoms with van der Waals surface area (Å²) in [7, 11) is 0. The number of halogens is 1. The zero-order valence-electron chi connectivity index (χ0n) is 14.2. The third kappa shape index (κ3) is 5.46. The Hall–Kier alpha value is -2.20. The summed E-state index contributed by atoms with van der Waals surface area (Å²) in [5.74, 6) is 1.25. The first kappa shape index (κ1) is 18.1. The number of ether oxygens (including phenoxy) is 2. The molecule has 0 saturated carbocycles. The van der Waals surface area contributed by atoms with Crippen molar-refractivity contribution >= 4 is 17.5 Å². The highest BCUT2D eigenvalue weighted by Crippen LogP contribution is 2.25. The topological polar surface area (TPSA) is 47.6 Å². The van der Waals surface area contributed by atoms with Gasteiger partial charge in [0.1, 0.15) is 18.1 Å². The second-order valence-corrected chi connectivity index (χ2v) is 6.05. The Morgan fingerprint density at radius 2 is 1.75 bits per heavy atom. The van der Waals surface area contributed by atoms with Gasteiger partial charge in [-0.15, -0.1) is 0 Å². The molecule has 0 aliphatic carbocycles. The van der Waals surface area contributed by atoms with E-state index in [9.17, 15) is 4.79 Å². The molecule has 0 heterocycles. The van der Waals surface area contributed by atoms with Crippen LogP contribution < -0.4 is 14.8 Å². The maximum Gasteiger partial charge on any atom is 0.258 e. The molecule has 24 heavy (non-hydrogen) atoms. The van der Waals surface area contributed by atoms with E-state index in [1.165, 1.54) is 0 Å². The zero-order chi connectivity index (χ0) is 17.5. The number of rotatable bonds is 7. The number of benzene rings is 2. The first-order valence-corrected chi connectivity index (χ1v) is 8.19. The fraction of sp³-hybridized carbons (Fsp3) is 0.316. The predicted molar refractivity (Wildman–Crippen MR) is 96.1 cm³/mol. The standard InChI is InChI=1S/C19H22ClNO3/c1-13-5-4-6-16(9-13)23-8-7-21-18(22)12-24-17-10-14(2)19(20)15(3)11-17/h4-6,9-11H,7-8,12H2,1-3H3,(H,21,22). The number of carbonyl (C=O) groups excluding carboxylic acids is 1. The molecule has 0 fully saturated rings. The highest BCUT2D eigenvalue weighted by atomic mass is 35.5. The van der Waals surface area contributed by atoms with E-state index < -0.39 is 0 Å². The lowest BCUT2D eigenvalue weighted by Gasteiger charge is -2.11. The minimum Gasteiger partial charge on any atom is -0.492 e. The van der Waals surface area contributed by atoms with Gasteiger partial charge in [0.25, 0.3) is 5.91 Å². The van der Waals surface area contributed by atoms with E-state index in [0.717, 1.165) is 27.5 Å². The van der Waals surface area contributed by atoms with Gasteiger partial charge in [-0.2, -0.15) is 0 Å². The van der Waals surface area contributed by atoms with Crippen LogP contribution in [0.5, 0.6) is 11.5 Å². The predicted octanol–water partition coefficient (Wildman–Crippen LogP) is 3.84. The number of hydrogen-bond acceptors (Lipinski definition) is 3. The first-order valence-electron chi connectivity index (χ1n) is 7.81. The summed E-state index contributed by atoms with van der Waals surface area (Å²) in [5, 5.41) is 3.49. The average molecular weight is 348 g/mol. The van der Waals surface area contributed by atoms with Crippen molar-refractivity contribution in [2.24, 2.45) is 0 Å². The van der Waals surface area contributed by atoms with Gasteiger partial charge in [-0.3, -0.25) is 4.79 Å². The van der Waals surface area contributed by atoms with Crippen molar-refractivity contribution in [3.63, 3.8) is 0 Å². The van der Waals surface area contributed by atoms with E-state index in [4.69, 9.17) is 21.1 Å². The van der Waals surface area contributed by atoms with Crippen LogP contribution in [0.25, 0.3) is 0 Å². The first-order chi connectivity index (χ1) is 11.5. The van der Waals surface area contributed by atoms with Gasteiger partial charge in [0.2, 0.25) is 0 Å². The maximum atomic E-state index is 11.8. The van der Waals surface area contributed by atoms with E-state index in [-0.39, 0.29) is 12.5 Å². The minimum absolute atomic E-state index is 0.0367. The number of aryl methyl sites for hydroxylation is 3. The fourth-order valence-electron chi connectivity index (χ4n) is 2.25. The molecule has 128 valence electrons. The molecule has 0 atom stereocenters. The molecule has 0 aliphatic heterocycles. The lowest BCUT2D eigenvalue weighted by atomic mass is 10.1. The molecule has 0 unspecified atom stereocenters. The Bertz CT molecular complexity index is 693. The summed E-state index contributed by atoms with van der Waals surface area (Å²) >= 11 is 6.11. The third-order valence-electron chi connectivity index (χ3n) is 3.46. The van der Waals surface area contributed by atoms with Gasteiger partial charge in [-0.1, -0.05) is 23.7 Å². The quantitative estimate of drug-likeness (QED) is 0.774. The van der Waals surface area contributed by atoms with Gasteiger partial charge >= 0.3 is 0 Å². The molecule has 0 saturated heterocycles. The Morgan fingerprint density at radius 3 is 2.42 bits per heavy atom. The van der Waals surface area contributed by atoms with Crippen LogP contribution in [0.1, 0.15) is 16.7 Å². The molecule has 0 radical (unpaired) electrons. The molecule has 2 aromatic rings. The van der Waals surface area contributed by atoms with Crippen LogP contribution in [0, 0.1) is 20.8 Å². The smallest absolute Gasteiger partial charge is 0.258 e. The Labute approximate surface area is 147 Å². The summed E-state index contributed by atoms with van der Waals surface area (Å²) in [5.41, 5.74) is 3.00. The molecule has 4 nitrogen and oxygen atoms in total. The van der Waals surface area contributed by atoms with Crippen molar-refractivity contribution < 1.29 is 14.3 Å². The van der Waals surface area contributed by atoms with E-state index in [1.807, 2.05) is 57.2 Å². The summed E-state index contributed by atoms with van der Waals surface area (Å²) in [4.78, 5) is 11.8. The molecule has 1 amide bonds. The van der Waals surface area contributed by atoms with Crippen LogP contribution in [-0.2, 0) is 4.79 Å². The van der Waals surface area contributed by atoms with Crippen LogP contribution in [0.2, 0.25) is 5.02 Å². The van der Waals surface area contributed by atoms with E-state index in [1.54, 1.807) is 0 Å². The zero-order valence-corrected chi connectivity index (χ0v) is 14.9. The maximum absolute atomic E-state index is 11.8. The van der Waals surface area contributed by atoms with Gasteiger partial charge in [0.15, 0.2) is 6.61 Å². The highest BCUT2D eigenvalue weighted by molar-refractivity contribution is 6.32. The number of carbonyl (C=O) groups is 1. The van der Waals surface area contributed by atoms with E-state index in [2.05, 4.69) is 5.32 Å². The number of amides is 1. The Kier molecular flexibility index (Phi) is 6.50. The molecular formula is C19H22ClNO3. The lowest BCUT2D eigenvalue weighted by molar-refractivity contribution is -0.123. The van der Waals surface area contributed by atoms with Crippen LogP contribution in [0.15, 0.2) is 36.4 Å². The molecule has 1 N–H and O–H groups in total. The van der Waals surface area contributed by atoms with Gasteiger partial charge in [-0.05, 0) is 61.7 Å². The van der Waals surface area contributed by atoms with Crippen LogP contribution >= 0.6 is 11.6 Å². The van der Waals surface area contributed by atoms with Crippen molar-refractivity contribution in [1.29, 1.82) is 0 Å².